The van der Waals surface area contributed by atoms with Crippen LogP contribution in [0, 0.1) is 0 Å². The van der Waals surface area contributed by atoms with Gasteiger partial charge >= 0.3 is 6.18 Å². The maximum atomic E-state index is 14.3. The Bertz CT molecular complexity index is 1140. The average Bonchev–Trinajstić information content (AvgIpc) is 3.03. The van der Waals surface area contributed by atoms with E-state index < -0.39 is 11.9 Å². The van der Waals surface area contributed by atoms with Gasteiger partial charge in [-0.1, -0.05) is 42.3 Å². The van der Waals surface area contributed by atoms with Crippen molar-refractivity contribution in [2.24, 2.45) is 0 Å². The van der Waals surface area contributed by atoms with Crippen LogP contribution in [-0.2, 0) is 25.6 Å². The smallest absolute Gasteiger partial charge is 0.292 e. The summed E-state index contributed by atoms with van der Waals surface area (Å²) in [7, 11) is 0. The van der Waals surface area contributed by atoms with Gasteiger partial charge in [0.25, 0.3) is 0 Å². The van der Waals surface area contributed by atoms with Crippen molar-refractivity contribution >= 4 is 17.2 Å². The summed E-state index contributed by atoms with van der Waals surface area (Å²) in [6, 6.07) is 8.17. The molecular weight excluding hydrogens is 425 g/mol. The van der Waals surface area contributed by atoms with Crippen LogP contribution in [0.25, 0.3) is 16.9 Å². The molecule has 4 nitrogen and oxygen atoms in total. The zero-order valence-corrected chi connectivity index (χ0v) is 18.3. The van der Waals surface area contributed by atoms with Gasteiger partial charge in [0.1, 0.15) is 5.02 Å². The molecule has 8 heteroatoms. The van der Waals surface area contributed by atoms with Gasteiger partial charge in [-0.25, -0.2) is 9.50 Å². The number of hydrogen-bond donors (Lipinski definition) is 0. The third kappa shape index (κ3) is 3.42. The first-order chi connectivity index (χ1) is 14.8. The molecule has 1 aliphatic heterocycles. The van der Waals surface area contributed by atoms with Gasteiger partial charge in [0.2, 0.25) is 0 Å². The topological polar surface area (TPSA) is 33.4 Å². The first-order valence-electron chi connectivity index (χ1n) is 10.8. The van der Waals surface area contributed by atoms with Gasteiger partial charge in [-0.3, -0.25) is 4.90 Å². The number of nitrogens with zero attached hydrogens (tertiary/aromatic N) is 4. The second-order valence-corrected chi connectivity index (χ2v) is 9.12. The monoisotopic (exact) mass is 448 g/mol. The lowest BCUT2D eigenvalue weighted by atomic mass is 9.88. The number of rotatable bonds is 2. The van der Waals surface area contributed by atoms with Crippen LogP contribution in [0.4, 0.5) is 13.2 Å². The molecule has 0 radical (unpaired) electrons. The molecule has 1 aromatic carbocycles. The number of alkyl halides is 3. The van der Waals surface area contributed by atoms with Crippen molar-refractivity contribution in [1.29, 1.82) is 0 Å². The Kier molecular flexibility index (Phi) is 5.01. The van der Waals surface area contributed by atoms with Gasteiger partial charge in [-0.05, 0) is 45.1 Å². The summed E-state index contributed by atoms with van der Waals surface area (Å²) in [5.41, 5.74) is 2.10. The molecule has 3 aromatic rings. The number of benzene rings is 1. The van der Waals surface area contributed by atoms with E-state index in [1.165, 1.54) is 0 Å². The number of aromatic nitrogens is 3. The molecule has 1 saturated heterocycles. The zero-order valence-electron chi connectivity index (χ0n) is 17.5. The molecular formula is C23H24ClF3N4. The Labute approximate surface area is 184 Å². The summed E-state index contributed by atoms with van der Waals surface area (Å²) in [4.78, 5) is 6.91. The van der Waals surface area contributed by atoms with Crippen molar-refractivity contribution in [2.45, 2.75) is 70.8 Å². The zero-order chi connectivity index (χ0) is 21.9. The number of fused-ring (bicyclic) bond motifs is 4. The van der Waals surface area contributed by atoms with Crippen LogP contribution >= 0.6 is 11.6 Å². The summed E-state index contributed by atoms with van der Waals surface area (Å²) >= 11 is 6.62. The van der Waals surface area contributed by atoms with Crippen LogP contribution in [0.2, 0.25) is 5.02 Å². The maximum Gasteiger partial charge on any atom is 0.433 e. The Morgan fingerprint density at radius 2 is 1.81 bits per heavy atom. The summed E-state index contributed by atoms with van der Waals surface area (Å²) in [5, 5.41) is 4.58. The second-order valence-electron chi connectivity index (χ2n) is 8.74. The Morgan fingerprint density at radius 3 is 2.52 bits per heavy atom. The molecule has 2 atom stereocenters. The minimum absolute atomic E-state index is 0.0803. The van der Waals surface area contributed by atoms with Gasteiger partial charge in [0.05, 0.1) is 11.4 Å². The van der Waals surface area contributed by atoms with E-state index >= 15 is 0 Å². The van der Waals surface area contributed by atoms with Crippen LogP contribution in [0.15, 0.2) is 24.3 Å². The molecule has 1 fully saturated rings. The molecule has 0 spiro atoms. The molecule has 164 valence electrons. The van der Waals surface area contributed by atoms with Crippen LogP contribution in [-0.4, -0.2) is 31.6 Å². The largest absolute Gasteiger partial charge is 0.433 e. The van der Waals surface area contributed by atoms with E-state index in [0.717, 1.165) is 34.9 Å². The third-order valence-electron chi connectivity index (χ3n) is 6.77. The molecule has 0 unspecified atom stereocenters. The average molecular weight is 449 g/mol. The minimum atomic E-state index is -4.56. The molecule has 1 aliphatic carbocycles. The SMILES string of the molecule is C[C@@H]1CCC[C@@H](C)N1Cc1nn2c(C(F)(F)F)c3c(nc2c1Cl)-c1ccccc1CC3. The van der Waals surface area contributed by atoms with Crippen molar-refractivity contribution in [3.8, 4) is 11.3 Å². The molecule has 0 bridgehead atoms. The predicted molar refractivity (Wildman–Crippen MR) is 114 cm³/mol. The second kappa shape index (κ2) is 7.48. The number of likely N-dealkylation sites (tertiary alicyclic amines) is 1. The predicted octanol–water partition coefficient (Wildman–Crippen LogP) is 5.93. The third-order valence-corrected chi connectivity index (χ3v) is 7.15. The van der Waals surface area contributed by atoms with E-state index in [1.54, 1.807) is 0 Å². The molecule has 3 heterocycles. The number of halogens is 4. The van der Waals surface area contributed by atoms with Gasteiger partial charge in [0.15, 0.2) is 11.3 Å². The van der Waals surface area contributed by atoms with Crippen molar-refractivity contribution in [3.63, 3.8) is 0 Å². The van der Waals surface area contributed by atoms with Crippen LogP contribution in [0.5, 0.6) is 0 Å². The van der Waals surface area contributed by atoms with Crippen molar-refractivity contribution in [3.05, 3.63) is 51.8 Å². The Morgan fingerprint density at radius 1 is 1.10 bits per heavy atom. The molecule has 2 aromatic heterocycles. The van der Waals surface area contributed by atoms with Crippen molar-refractivity contribution in [1.82, 2.24) is 19.5 Å². The van der Waals surface area contributed by atoms with Gasteiger partial charge in [-0.15, -0.1) is 0 Å². The highest BCUT2D eigenvalue weighted by molar-refractivity contribution is 6.34. The number of piperidine rings is 1. The Balaban J connectivity index is 1.70. The van der Waals surface area contributed by atoms with Crippen LogP contribution in [0.1, 0.15) is 55.6 Å². The minimum Gasteiger partial charge on any atom is -0.292 e. The molecule has 0 amide bonds. The summed E-state index contributed by atoms with van der Waals surface area (Å²) in [6.07, 6.45) is -0.459. The van der Waals surface area contributed by atoms with Crippen LogP contribution in [0.3, 0.4) is 0 Å². The lowest BCUT2D eigenvalue weighted by molar-refractivity contribution is -0.143. The van der Waals surface area contributed by atoms with E-state index in [4.69, 9.17) is 11.6 Å². The molecule has 0 N–H and O–H groups in total. The fourth-order valence-corrected chi connectivity index (χ4v) is 5.36. The standard InChI is InChI=1S/C23H24ClF3N4/c1-13-6-5-7-14(2)30(13)12-18-19(24)22-28-20-16-9-4-3-8-15(16)10-11-17(20)21(23(25,26)27)31(22)29-18/h3-4,8-9,13-14H,5-7,10-12H2,1-2H3/t13-,14-/m1/s1. The van der Waals surface area contributed by atoms with E-state index in [2.05, 4.69) is 28.8 Å². The first kappa shape index (κ1) is 20.8. The molecule has 5 rings (SSSR count). The summed E-state index contributed by atoms with van der Waals surface area (Å²) in [5.74, 6) is 0. The van der Waals surface area contributed by atoms with E-state index in [9.17, 15) is 13.2 Å². The molecule has 0 saturated carbocycles. The lowest BCUT2D eigenvalue weighted by Crippen LogP contribution is -2.43. The molecule has 31 heavy (non-hydrogen) atoms. The summed E-state index contributed by atoms with van der Waals surface area (Å²) in [6.45, 7) is 4.71. The quantitative estimate of drug-likeness (QED) is 0.487. The highest BCUT2D eigenvalue weighted by Crippen LogP contribution is 2.42. The van der Waals surface area contributed by atoms with E-state index in [-0.39, 0.29) is 22.7 Å². The number of aryl methyl sites for hydroxylation is 1. The van der Waals surface area contributed by atoms with Crippen LogP contribution < -0.4 is 0 Å². The lowest BCUT2D eigenvalue weighted by Gasteiger charge is -2.38. The fraction of sp³-hybridized carbons (Fsp3) is 0.478. The fourth-order valence-electron chi connectivity index (χ4n) is 5.14. The first-order valence-corrected chi connectivity index (χ1v) is 11.1. The summed E-state index contributed by atoms with van der Waals surface area (Å²) < 4.78 is 43.7. The van der Waals surface area contributed by atoms with Gasteiger partial charge < -0.3 is 0 Å². The van der Waals surface area contributed by atoms with Crippen molar-refractivity contribution in [2.75, 3.05) is 0 Å². The molecule has 2 aliphatic rings. The van der Waals surface area contributed by atoms with Gasteiger partial charge in [0, 0.05) is 29.8 Å². The highest BCUT2D eigenvalue weighted by Gasteiger charge is 2.41. The number of hydrogen-bond acceptors (Lipinski definition) is 3. The van der Waals surface area contributed by atoms with Crippen molar-refractivity contribution < 1.29 is 13.2 Å². The highest BCUT2D eigenvalue weighted by atomic mass is 35.5. The maximum absolute atomic E-state index is 14.3. The normalized spacial score (nSPS) is 21.9. The van der Waals surface area contributed by atoms with E-state index in [1.807, 2.05) is 24.3 Å². The van der Waals surface area contributed by atoms with E-state index in [0.29, 0.717) is 36.4 Å². The van der Waals surface area contributed by atoms with Gasteiger partial charge in [-0.2, -0.15) is 18.3 Å². The Hall–Kier alpha value is -2.12.